The summed E-state index contributed by atoms with van der Waals surface area (Å²) in [5, 5.41) is 15.5. The van der Waals surface area contributed by atoms with Crippen LogP contribution in [0, 0.1) is 0 Å². The van der Waals surface area contributed by atoms with E-state index in [1.807, 2.05) is 0 Å². The van der Waals surface area contributed by atoms with Gasteiger partial charge in [0, 0.05) is 31.0 Å². The summed E-state index contributed by atoms with van der Waals surface area (Å²) in [5.74, 6) is -0.633. The summed E-state index contributed by atoms with van der Waals surface area (Å²) in [6.07, 6.45) is -1.48. The van der Waals surface area contributed by atoms with Crippen molar-refractivity contribution in [1.29, 1.82) is 0 Å². The van der Waals surface area contributed by atoms with Crippen LogP contribution >= 0.6 is 0 Å². The second-order valence-corrected chi connectivity index (χ2v) is 7.63. The first-order chi connectivity index (χ1) is 15.2. The molecule has 32 heavy (non-hydrogen) atoms. The standard InChI is InChI=1S/C20H21BF3N5O3/c1-2-17(30)29-7-3-4-14(10-29)26-18-15(20(22,23)24)9-25-19(28-18)27-13-5-6-16-12(8-13)11-32-21(16)31/h2,5-6,8-9,14,31H,1,3-4,7,10-11H2,(H2,25,26,27,28). The normalized spacial score (nSPS) is 18.3. The van der Waals surface area contributed by atoms with Crippen LogP contribution in [0.25, 0.3) is 0 Å². The van der Waals surface area contributed by atoms with Crippen molar-refractivity contribution in [3.63, 3.8) is 0 Å². The lowest BCUT2D eigenvalue weighted by Gasteiger charge is -2.33. The van der Waals surface area contributed by atoms with E-state index in [2.05, 4.69) is 27.2 Å². The van der Waals surface area contributed by atoms with E-state index in [0.717, 1.165) is 11.8 Å². The van der Waals surface area contributed by atoms with Crippen molar-refractivity contribution >= 4 is 35.9 Å². The van der Waals surface area contributed by atoms with E-state index in [1.165, 1.54) is 6.08 Å². The van der Waals surface area contributed by atoms with Crippen molar-refractivity contribution in [2.75, 3.05) is 23.7 Å². The van der Waals surface area contributed by atoms with E-state index in [1.54, 1.807) is 23.1 Å². The highest BCUT2D eigenvalue weighted by Crippen LogP contribution is 2.35. The SMILES string of the molecule is C=CC(=O)N1CCCC(Nc2nc(Nc3ccc4c(c3)COB4O)ncc2C(F)(F)F)C1. The Morgan fingerprint density at radius 1 is 1.41 bits per heavy atom. The molecular formula is C20H21BF3N5O3. The van der Waals surface area contributed by atoms with Crippen molar-refractivity contribution < 1.29 is 27.6 Å². The number of nitrogens with zero attached hydrogens (tertiary/aromatic N) is 3. The largest absolute Gasteiger partial charge is 0.491 e. The average Bonchev–Trinajstić information content (AvgIpc) is 3.13. The van der Waals surface area contributed by atoms with Crippen LogP contribution in [0.15, 0.2) is 37.1 Å². The molecule has 0 spiro atoms. The Morgan fingerprint density at radius 3 is 2.97 bits per heavy atom. The molecule has 0 radical (unpaired) electrons. The molecule has 3 N–H and O–H groups in total. The molecule has 2 aromatic rings. The fourth-order valence-electron chi connectivity index (χ4n) is 3.81. The van der Waals surface area contributed by atoms with E-state index >= 15 is 0 Å². The predicted octanol–water partition coefficient (Wildman–Crippen LogP) is 2.05. The molecule has 1 unspecified atom stereocenters. The van der Waals surface area contributed by atoms with Gasteiger partial charge in [0.1, 0.15) is 11.4 Å². The van der Waals surface area contributed by atoms with Gasteiger partial charge in [-0.2, -0.15) is 18.2 Å². The summed E-state index contributed by atoms with van der Waals surface area (Å²) < 4.78 is 45.8. The average molecular weight is 447 g/mol. The second-order valence-electron chi connectivity index (χ2n) is 7.63. The van der Waals surface area contributed by atoms with Gasteiger partial charge in [-0.15, -0.1) is 0 Å². The van der Waals surface area contributed by atoms with E-state index in [-0.39, 0.29) is 30.8 Å². The van der Waals surface area contributed by atoms with Crippen molar-refractivity contribution in [2.24, 2.45) is 0 Å². The minimum Gasteiger partial charge on any atom is -0.423 e. The summed E-state index contributed by atoms with van der Waals surface area (Å²) >= 11 is 0. The fraction of sp³-hybridized carbons (Fsp3) is 0.350. The first-order valence-electron chi connectivity index (χ1n) is 10.1. The van der Waals surface area contributed by atoms with Crippen molar-refractivity contribution in [2.45, 2.75) is 31.7 Å². The van der Waals surface area contributed by atoms with Gasteiger partial charge in [0.05, 0.1) is 6.61 Å². The summed E-state index contributed by atoms with van der Waals surface area (Å²) in [5.41, 5.74) is 0.970. The van der Waals surface area contributed by atoms with Crippen molar-refractivity contribution in [3.05, 3.63) is 48.2 Å². The molecule has 2 aliphatic rings. The number of amides is 1. The highest BCUT2D eigenvalue weighted by molar-refractivity contribution is 6.61. The van der Waals surface area contributed by atoms with Gasteiger partial charge in [0.2, 0.25) is 11.9 Å². The number of aromatic nitrogens is 2. The topological polar surface area (TPSA) is 99.6 Å². The van der Waals surface area contributed by atoms with E-state index in [0.29, 0.717) is 30.5 Å². The summed E-state index contributed by atoms with van der Waals surface area (Å²) in [4.78, 5) is 21.3. The van der Waals surface area contributed by atoms with Crippen LogP contribution in [0.3, 0.4) is 0 Å². The molecule has 1 amide bonds. The van der Waals surface area contributed by atoms with Crippen LogP contribution in [0.5, 0.6) is 0 Å². The molecule has 1 aromatic heterocycles. The number of fused-ring (bicyclic) bond motifs is 1. The molecule has 1 aromatic carbocycles. The minimum absolute atomic E-state index is 0.0188. The molecule has 4 rings (SSSR count). The molecule has 0 saturated carbocycles. The number of alkyl halides is 3. The second kappa shape index (κ2) is 8.79. The van der Waals surface area contributed by atoms with Crippen molar-refractivity contribution in [1.82, 2.24) is 14.9 Å². The number of hydrogen-bond donors (Lipinski definition) is 3. The molecule has 8 nitrogen and oxygen atoms in total. The number of likely N-dealkylation sites (tertiary alicyclic amines) is 1. The van der Waals surface area contributed by atoms with Gasteiger partial charge in [0.15, 0.2) is 0 Å². The van der Waals surface area contributed by atoms with Gasteiger partial charge >= 0.3 is 13.3 Å². The van der Waals surface area contributed by atoms with E-state index in [4.69, 9.17) is 4.65 Å². The van der Waals surface area contributed by atoms with E-state index < -0.39 is 24.9 Å². The number of piperidine rings is 1. The Kier molecular flexibility index (Phi) is 6.07. The van der Waals surface area contributed by atoms with Gasteiger partial charge in [0.25, 0.3) is 0 Å². The monoisotopic (exact) mass is 447 g/mol. The number of halogens is 3. The third-order valence-corrected chi connectivity index (χ3v) is 5.40. The lowest BCUT2D eigenvalue weighted by molar-refractivity contribution is -0.137. The van der Waals surface area contributed by atoms with Gasteiger partial charge in [-0.25, -0.2) is 4.98 Å². The maximum absolute atomic E-state index is 13.6. The van der Waals surface area contributed by atoms with Gasteiger partial charge < -0.3 is 25.2 Å². The third-order valence-electron chi connectivity index (χ3n) is 5.40. The van der Waals surface area contributed by atoms with Gasteiger partial charge in [-0.1, -0.05) is 12.6 Å². The maximum Gasteiger partial charge on any atom is 0.491 e. The van der Waals surface area contributed by atoms with Gasteiger partial charge in [-0.05, 0) is 42.1 Å². The third kappa shape index (κ3) is 4.70. The Hall–Kier alpha value is -3.12. The van der Waals surface area contributed by atoms with Crippen LogP contribution in [-0.2, 0) is 22.2 Å². The Labute approximate surface area is 182 Å². The van der Waals surface area contributed by atoms with Crippen LogP contribution in [0.4, 0.5) is 30.6 Å². The summed E-state index contributed by atoms with van der Waals surface area (Å²) in [6.45, 7) is 4.47. The first kappa shape index (κ1) is 22.1. The molecule has 12 heteroatoms. The Balaban J connectivity index is 1.56. The zero-order chi connectivity index (χ0) is 22.9. The molecule has 2 aliphatic heterocycles. The lowest BCUT2D eigenvalue weighted by atomic mass is 9.79. The van der Waals surface area contributed by atoms with Crippen LogP contribution in [0.2, 0.25) is 0 Å². The highest BCUT2D eigenvalue weighted by atomic mass is 19.4. The molecule has 1 fully saturated rings. The first-order valence-corrected chi connectivity index (χ1v) is 10.1. The number of benzene rings is 1. The maximum atomic E-state index is 13.6. The molecule has 1 saturated heterocycles. The number of nitrogens with one attached hydrogen (secondary N) is 2. The zero-order valence-corrected chi connectivity index (χ0v) is 17.0. The Morgan fingerprint density at radius 2 is 2.22 bits per heavy atom. The van der Waals surface area contributed by atoms with E-state index in [9.17, 15) is 23.0 Å². The number of hydrogen-bond acceptors (Lipinski definition) is 7. The van der Waals surface area contributed by atoms with Crippen LogP contribution in [-0.4, -0.2) is 52.0 Å². The van der Waals surface area contributed by atoms with Crippen molar-refractivity contribution in [3.8, 4) is 0 Å². The molecule has 0 aliphatic carbocycles. The molecule has 0 bridgehead atoms. The smallest absolute Gasteiger partial charge is 0.423 e. The summed E-state index contributed by atoms with van der Waals surface area (Å²) in [7, 11) is -0.986. The predicted molar refractivity (Wildman–Crippen MR) is 113 cm³/mol. The molecule has 168 valence electrons. The Bertz CT molecular complexity index is 1040. The molecule has 1 atom stereocenters. The minimum atomic E-state index is -4.65. The summed E-state index contributed by atoms with van der Waals surface area (Å²) in [6, 6.07) is 4.66. The van der Waals surface area contributed by atoms with Crippen LogP contribution in [0.1, 0.15) is 24.0 Å². The number of rotatable bonds is 5. The quantitative estimate of drug-likeness (QED) is 0.477. The molecular weight excluding hydrogens is 426 g/mol. The zero-order valence-electron chi connectivity index (χ0n) is 17.0. The van der Waals surface area contributed by atoms with Crippen LogP contribution < -0.4 is 16.1 Å². The lowest BCUT2D eigenvalue weighted by Crippen LogP contribution is -2.44. The number of carbonyl (C=O) groups excluding carboxylic acids is 1. The highest BCUT2D eigenvalue weighted by Gasteiger charge is 2.36. The number of carbonyl (C=O) groups is 1. The number of anilines is 3. The molecule has 3 heterocycles. The fourth-order valence-corrected chi connectivity index (χ4v) is 3.81. The van der Waals surface area contributed by atoms with Gasteiger partial charge in [-0.3, -0.25) is 4.79 Å².